The molecule has 0 bridgehead atoms. The smallest absolute Gasteiger partial charge is 0.271 e. The molecule has 0 fully saturated rings. The molecule has 0 aliphatic heterocycles. The van der Waals surface area contributed by atoms with Gasteiger partial charge >= 0.3 is 0 Å². The number of Topliss-reactive ketones (excluding diaryl/α,β-unsaturated/α-hetero) is 1. The molecule has 1 N–H and O–H groups in total. The summed E-state index contributed by atoms with van der Waals surface area (Å²) < 4.78 is 0. The van der Waals surface area contributed by atoms with Crippen molar-refractivity contribution in [3.63, 3.8) is 0 Å². The quantitative estimate of drug-likeness (QED) is 0.432. The Morgan fingerprint density at radius 1 is 0.654 bits per heavy atom. The molecule has 0 unspecified atom stereocenters. The van der Waals surface area contributed by atoms with E-state index >= 15 is 0 Å². The Hall–Kier alpha value is -3.53. The van der Waals surface area contributed by atoms with Crippen molar-refractivity contribution in [2.75, 3.05) is 0 Å². The van der Waals surface area contributed by atoms with Crippen LogP contribution in [0.2, 0.25) is 0 Å². The fraction of sp³-hybridized carbons (Fsp3) is 0.0455. The molecule has 4 nitrogen and oxygen atoms in total. The van der Waals surface area contributed by atoms with Crippen LogP contribution in [0.1, 0.15) is 38.8 Å². The van der Waals surface area contributed by atoms with Gasteiger partial charge in [-0.25, -0.2) is 5.43 Å². The maximum absolute atomic E-state index is 12.4. The van der Waals surface area contributed by atoms with E-state index in [1.807, 2.05) is 60.7 Å². The fourth-order valence-corrected chi connectivity index (χ4v) is 2.52. The first-order valence-corrected chi connectivity index (χ1v) is 8.25. The third-order valence-electron chi connectivity index (χ3n) is 3.92. The van der Waals surface area contributed by atoms with Gasteiger partial charge in [0.15, 0.2) is 5.78 Å². The van der Waals surface area contributed by atoms with Crippen LogP contribution in [0.15, 0.2) is 90.0 Å². The van der Waals surface area contributed by atoms with E-state index in [0.29, 0.717) is 16.8 Å². The van der Waals surface area contributed by atoms with Crippen molar-refractivity contribution >= 4 is 17.4 Å². The highest BCUT2D eigenvalue weighted by Crippen LogP contribution is 2.11. The van der Waals surface area contributed by atoms with Crippen LogP contribution in [-0.4, -0.2) is 17.4 Å². The molecular formula is C22H18N2O2. The Labute approximate surface area is 152 Å². The van der Waals surface area contributed by atoms with Gasteiger partial charge in [0, 0.05) is 22.3 Å². The van der Waals surface area contributed by atoms with E-state index in [-0.39, 0.29) is 11.7 Å². The summed E-state index contributed by atoms with van der Waals surface area (Å²) in [6, 6.07) is 25.9. The first-order valence-electron chi connectivity index (χ1n) is 8.25. The number of nitrogens with zero attached hydrogens (tertiary/aromatic N) is 1. The second-order valence-electron chi connectivity index (χ2n) is 5.77. The lowest BCUT2D eigenvalue weighted by atomic mass is 10.0. The number of nitrogens with one attached hydrogen (secondary N) is 1. The number of rotatable bonds is 5. The molecule has 3 aromatic carbocycles. The van der Waals surface area contributed by atoms with Gasteiger partial charge in [0.1, 0.15) is 0 Å². The zero-order chi connectivity index (χ0) is 18.4. The van der Waals surface area contributed by atoms with E-state index in [4.69, 9.17) is 0 Å². The van der Waals surface area contributed by atoms with E-state index in [1.165, 1.54) is 6.92 Å². The van der Waals surface area contributed by atoms with E-state index in [1.54, 1.807) is 24.3 Å². The van der Waals surface area contributed by atoms with E-state index < -0.39 is 0 Å². The molecule has 0 radical (unpaired) electrons. The Kier molecular flexibility index (Phi) is 5.34. The molecule has 0 spiro atoms. The number of benzene rings is 3. The number of amides is 1. The zero-order valence-corrected chi connectivity index (χ0v) is 14.3. The second-order valence-corrected chi connectivity index (χ2v) is 5.77. The molecule has 26 heavy (non-hydrogen) atoms. The molecule has 3 aromatic rings. The molecule has 1 amide bonds. The van der Waals surface area contributed by atoms with Crippen molar-refractivity contribution in [1.29, 1.82) is 0 Å². The lowest BCUT2D eigenvalue weighted by molar-refractivity contribution is 0.0952. The Bertz CT molecular complexity index is 889. The lowest BCUT2D eigenvalue weighted by Gasteiger charge is -2.08. The van der Waals surface area contributed by atoms with Crippen LogP contribution in [0.5, 0.6) is 0 Å². The molecule has 0 aliphatic carbocycles. The molecular weight excluding hydrogens is 324 g/mol. The van der Waals surface area contributed by atoms with Crippen LogP contribution >= 0.6 is 0 Å². The molecule has 0 aromatic heterocycles. The Morgan fingerprint density at radius 3 is 1.58 bits per heavy atom. The van der Waals surface area contributed by atoms with Crippen LogP contribution in [0, 0.1) is 0 Å². The summed E-state index contributed by atoms with van der Waals surface area (Å²) in [7, 11) is 0. The van der Waals surface area contributed by atoms with Gasteiger partial charge in [0.05, 0.1) is 5.71 Å². The van der Waals surface area contributed by atoms with E-state index in [2.05, 4.69) is 10.5 Å². The summed E-state index contributed by atoms with van der Waals surface area (Å²) >= 11 is 0. The summed E-state index contributed by atoms with van der Waals surface area (Å²) in [4.78, 5) is 23.7. The van der Waals surface area contributed by atoms with Gasteiger partial charge in [-0.2, -0.15) is 5.10 Å². The van der Waals surface area contributed by atoms with Crippen LogP contribution in [0.4, 0.5) is 0 Å². The minimum atomic E-state index is -0.329. The average molecular weight is 342 g/mol. The van der Waals surface area contributed by atoms with Crippen LogP contribution < -0.4 is 5.43 Å². The van der Waals surface area contributed by atoms with Crippen molar-refractivity contribution in [2.45, 2.75) is 6.92 Å². The molecule has 0 heterocycles. The summed E-state index contributed by atoms with van der Waals surface area (Å²) in [5.74, 6) is -0.366. The van der Waals surface area contributed by atoms with Gasteiger partial charge in [0.25, 0.3) is 5.91 Å². The summed E-state index contributed by atoms with van der Waals surface area (Å²) in [5.41, 5.74) is 6.12. The van der Waals surface area contributed by atoms with Gasteiger partial charge in [-0.3, -0.25) is 9.59 Å². The highest BCUT2D eigenvalue weighted by atomic mass is 16.2. The van der Waals surface area contributed by atoms with Gasteiger partial charge in [-0.15, -0.1) is 0 Å². The molecule has 3 rings (SSSR count). The van der Waals surface area contributed by atoms with Crippen LogP contribution in [0.25, 0.3) is 0 Å². The third kappa shape index (κ3) is 4.11. The number of hydrogen-bond acceptors (Lipinski definition) is 3. The standard InChI is InChI=1S/C22H18N2O2/c1-16(25)17-12-14-20(15-13-17)22(26)24-23-21(18-8-4-2-5-9-18)19-10-6-3-7-11-19/h2-15H,1H3,(H,24,26). The Balaban J connectivity index is 1.86. The van der Waals surface area contributed by atoms with Gasteiger partial charge in [-0.1, -0.05) is 72.8 Å². The summed E-state index contributed by atoms with van der Waals surface area (Å²) in [6.45, 7) is 1.49. The minimum Gasteiger partial charge on any atom is -0.295 e. The molecule has 0 saturated carbocycles. The first kappa shape index (κ1) is 17.3. The maximum Gasteiger partial charge on any atom is 0.271 e. The SMILES string of the molecule is CC(=O)c1ccc(C(=O)NN=C(c2ccccc2)c2ccccc2)cc1. The number of carbonyl (C=O) groups excluding carboxylic acids is 2. The normalized spacial score (nSPS) is 10.0. The summed E-state index contributed by atoms with van der Waals surface area (Å²) in [5, 5.41) is 4.35. The summed E-state index contributed by atoms with van der Waals surface area (Å²) in [6.07, 6.45) is 0. The monoisotopic (exact) mass is 342 g/mol. The second kappa shape index (κ2) is 8.03. The topological polar surface area (TPSA) is 58.5 Å². The van der Waals surface area contributed by atoms with Crippen molar-refractivity contribution in [1.82, 2.24) is 5.43 Å². The number of ketones is 1. The van der Waals surface area contributed by atoms with Gasteiger partial charge in [-0.05, 0) is 19.1 Å². The molecule has 0 atom stereocenters. The first-order chi connectivity index (χ1) is 12.6. The molecule has 4 heteroatoms. The van der Waals surface area contributed by atoms with Crippen LogP contribution in [-0.2, 0) is 0 Å². The Morgan fingerprint density at radius 2 is 1.12 bits per heavy atom. The van der Waals surface area contributed by atoms with Crippen molar-refractivity contribution < 1.29 is 9.59 Å². The average Bonchev–Trinajstić information content (AvgIpc) is 2.69. The highest BCUT2D eigenvalue weighted by Gasteiger charge is 2.09. The fourth-order valence-electron chi connectivity index (χ4n) is 2.52. The van der Waals surface area contributed by atoms with Crippen molar-refractivity contribution in [3.8, 4) is 0 Å². The van der Waals surface area contributed by atoms with Gasteiger partial charge in [0.2, 0.25) is 0 Å². The highest BCUT2D eigenvalue weighted by molar-refractivity contribution is 6.13. The lowest BCUT2D eigenvalue weighted by Crippen LogP contribution is -2.20. The molecule has 128 valence electrons. The minimum absolute atomic E-state index is 0.0366. The maximum atomic E-state index is 12.4. The number of hydrazone groups is 1. The van der Waals surface area contributed by atoms with E-state index in [0.717, 1.165) is 11.1 Å². The van der Waals surface area contributed by atoms with Crippen molar-refractivity contribution in [3.05, 3.63) is 107 Å². The predicted molar refractivity (Wildman–Crippen MR) is 102 cm³/mol. The van der Waals surface area contributed by atoms with Crippen molar-refractivity contribution in [2.24, 2.45) is 5.10 Å². The number of carbonyl (C=O) groups is 2. The van der Waals surface area contributed by atoms with Crippen LogP contribution in [0.3, 0.4) is 0 Å². The third-order valence-corrected chi connectivity index (χ3v) is 3.92. The predicted octanol–water partition coefficient (Wildman–Crippen LogP) is 4.07. The van der Waals surface area contributed by atoms with Gasteiger partial charge < -0.3 is 0 Å². The zero-order valence-electron chi connectivity index (χ0n) is 14.3. The molecule has 0 aliphatic rings. The van der Waals surface area contributed by atoms with E-state index in [9.17, 15) is 9.59 Å². The largest absolute Gasteiger partial charge is 0.295 e. The molecule has 0 saturated heterocycles. The number of hydrogen-bond donors (Lipinski definition) is 1.